The molecule has 0 atom stereocenters. The Morgan fingerprint density at radius 3 is 2.88 bits per heavy atom. The van der Waals surface area contributed by atoms with Gasteiger partial charge >= 0.3 is 5.97 Å². The number of esters is 1. The highest BCUT2D eigenvalue weighted by Crippen LogP contribution is 2.35. The zero-order chi connectivity index (χ0) is 18.1. The van der Waals surface area contributed by atoms with Crippen LogP contribution in [0, 0.1) is 12.7 Å². The Kier molecular flexibility index (Phi) is 4.00. The molecule has 132 valence electrons. The van der Waals surface area contributed by atoms with Gasteiger partial charge in [0.15, 0.2) is 18.1 Å². The molecule has 1 aliphatic heterocycles. The Labute approximate surface area is 147 Å². The molecule has 7 nitrogen and oxygen atoms in total. The molecule has 1 aromatic heterocycles. The van der Waals surface area contributed by atoms with Crippen LogP contribution in [0.1, 0.15) is 21.8 Å². The van der Waals surface area contributed by atoms with E-state index in [2.05, 4.69) is 10.1 Å². The lowest BCUT2D eigenvalue weighted by molar-refractivity contribution is 0.0429. The summed E-state index contributed by atoms with van der Waals surface area (Å²) in [7, 11) is 0. The number of carbonyl (C=O) groups is 1. The first kappa shape index (κ1) is 16.1. The summed E-state index contributed by atoms with van der Waals surface area (Å²) in [6, 6.07) is 9.38. The van der Waals surface area contributed by atoms with E-state index < -0.39 is 11.8 Å². The van der Waals surface area contributed by atoms with Gasteiger partial charge in [-0.05, 0) is 42.8 Å². The summed E-state index contributed by atoms with van der Waals surface area (Å²) in [5.41, 5.74) is 1.24. The van der Waals surface area contributed by atoms with Crippen molar-refractivity contribution in [1.29, 1.82) is 0 Å². The first-order valence-corrected chi connectivity index (χ1v) is 7.76. The standard InChI is InChI=1S/C18H13FN2O5/c1-10-2-3-12(6-13(10)19)18(22)23-8-16-20-17(21-26-16)11-4-5-14-15(7-11)25-9-24-14/h2-7H,8-9H2,1H3. The van der Waals surface area contributed by atoms with E-state index in [4.69, 9.17) is 18.7 Å². The molecule has 4 rings (SSSR count). The van der Waals surface area contributed by atoms with Crippen LogP contribution in [0.25, 0.3) is 11.4 Å². The van der Waals surface area contributed by atoms with Crippen molar-refractivity contribution in [3.8, 4) is 22.9 Å². The van der Waals surface area contributed by atoms with Gasteiger partial charge in [0.2, 0.25) is 12.6 Å². The van der Waals surface area contributed by atoms with Crippen LogP contribution in [-0.4, -0.2) is 22.9 Å². The third-order valence-corrected chi connectivity index (χ3v) is 3.83. The molecule has 0 radical (unpaired) electrons. The zero-order valence-electron chi connectivity index (χ0n) is 13.7. The van der Waals surface area contributed by atoms with Gasteiger partial charge in [-0.3, -0.25) is 0 Å². The minimum Gasteiger partial charge on any atom is -0.454 e. The second kappa shape index (κ2) is 6.47. The van der Waals surface area contributed by atoms with Gasteiger partial charge < -0.3 is 18.7 Å². The van der Waals surface area contributed by atoms with E-state index in [0.29, 0.717) is 28.5 Å². The first-order chi connectivity index (χ1) is 12.6. The van der Waals surface area contributed by atoms with E-state index in [1.807, 2.05) is 0 Å². The molecule has 0 N–H and O–H groups in total. The zero-order valence-corrected chi connectivity index (χ0v) is 13.7. The average Bonchev–Trinajstić information content (AvgIpc) is 3.30. The summed E-state index contributed by atoms with van der Waals surface area (Å²) < 4.78 is 34.2. The summed E-state index contributed by atoms with van der Waals surface area (Å²) >= 11 is 0. The van der Waals surface area contributed by atoms with Crippen LogP contribution in [0.4, 0.5) is 4.39 Å². The van der Waals surface area contributed by atoms with Crippen molar-refractivity contribution in [2.45, 2.75) is 13.5 Å². The number of nitrogens with zero attached hydrogens (tertiary/aromatic N) is 2. The van der Waals surface area contributed by atoms with Gasteiger partial charge in [-0.25, -0.2) is 9.18 Å². The second-order valence-electron chi connectivity index (χ2n) is 5.62. The number of hydrogen-bond donors (Lipinski definition) is 0. The Hall–Kier alpha value is -3.42. The largest absolute Gasteiger partial charge is 0.454 e. The fourth-order valence-corrected chi connectivity index (χ4v) is 2.40. The van der Waals surface area contributed by atoms with Gasteiger partial charge in [-0.15, -0.1) is 0 Å². The van der Waals surface area contributed by atoms with Crippen LogP contribution in [-0.2, 0) is 11.3 Å². The second-order valence-corrected chi connectivity index (χ2v) is 5.62. The van der Waals surface area contributed by atoms with Crippen LogP contribution in [0.2, 0.25) is 0 Å². The molecule has 1 aliphatic rings. The fourth-order valence-electron chi connectivity index (χ4n) is 2.40. The summed E-state index contributed by atoms with van der Waals surface area (Å²) in [5, 5.41) is 3.85. The first-order valence-electron chi connectivity index (χ1n) is 7.76. The van der Waals surface area contributed by atoms with Crippen molar-refractivity contribution >= 4 is 5.97 Å². The monoisotopic (exact) mass is 356 g/mol. The third kappa shape index (κ3) is 3.08. The fraction of sp³-hybridized carbons (Fsp3) is 0.167. The van der Waals surface area contributed by atoms with Gasteiger partial charge in [0.1, 0.15) is 5.82 Å². The molecule has 0 fully saturated rings. The molecule has 0 amide bonds. The predicted octanol–water partition coefficient (Wildman–Crippen LogP) is 3.27. The molecule has 0 saturated heterocycles. The summed E-state index contributed by atoms with van der Waals surface area (Å²) in [4.78, 5) is 16.2. The highest BCUT2D eigenvalue weighted by atomic mass is 19.1. The number of rotatable bonds is 4. The van der Waals surface area contributed by atoms with Crippen LogP contribution in [0.15, 0.2) is 40.9 Å². The number of fused-ring (bicyclic) bond motifs is 1. The maximum absolute atomic E-state index is 13.5. The molecule has 2 heterocycles. The smallest absolute Gasteiger partial charge is 0.338 e. The molecule has 26 heavy (non-hydrogen) atoms. The van der Waals surface area contributed by atoms with Crippen molar-refractivity contribution in [1.82, 2.24) is 10.1 Å². The van der Waals surface area contributed by atoms with Crippen LogP contribution >= 0.6 is 0 Å². The van der Waals surface area contributed by atoms with E-state index in [1.54, 1.807) is 25.1 Å². The molecule has 0 bridgehead atoms. The molecular weight excluding hydrogens is 343 g/mol. The molecule has 0 spiro atoms. The van der Waals surface area contributed by atoms with Gasteiger partial charge in [0, 0.05) is 5.56 Å². The number of benzene rings is 2. The molecule has 3 aromatic rings. The van der Waals surface area contributed by atoms with Crippen LogP contribution < -0.4 is 9.47 Å². The number of aromatic nitrogens is 2. The average molecular weight is 356 g/mol. The summed E-state index contributed by atoms with van der Waals surface area (Å²) in [6.45, 7) is 1.57. The van der Waals surface area contributed by atoms with E-state index in [0.717, 1.165) is 6.07 Å². The summed E-state index contributed by atoms with van der Waals surface area (Å²) in [5.74, 6) is 0.557. The number of aryl methyl sites for hydroxylation is 1. The number of ether oxygens (including phenoxy) is 3. The van der Waals surface area contributed by atoms with Crippen molar-refractivity contribution < 1.29 is 27.9 Å². The normalized spacial score (nSPS) is 12.2. The highest BCUT2D eigenvalue weighted by Gasteiger charge is 2.17. The van der Waals surface area contributed by atoms with E-state index in [9.17, 15) is 9.18 Å². The van der Waals surface area contributed by atoms with E-state index in [-0.39, 0.29) is 24.9 Å². The molecular formula is C18H13FN2O5. The molecule has 0 saturated carbocycles. The Bertz CT molecular complexity index is 985. The van der Waals surface area contributed by atoms with Crippen LogP contribution in [0.5, 0.6) is 11.5 Å². The third-order valence-electron chi connectivity index (χ3n) is 3.83. The Morgan fingerprint density at radius 2 is 2.04 bits per heavy atom. The number of halogens is 1. The van der Waals surface area contributed by atoms with Crippen LogP contribution in [0.3, 0.4) is 0 Å². The van der Waals surface area contributed by atoms with Gasteiger partial charge in [-0.1, -0.05) is 11.2 Å². The van der Waals surface area contributed by atoms with Crippen molar-refractivity contribution in [2.24, 2.45) is 0 Å². The highest BCUT2D eigenvalue weighted by molar-refractivity contribution is 5.89. The minimum atomic E-state index is -0.674. The Balaban J connectivity index is 1.43. The van der Waals surface area contributed by atoms with Gasteiger partial charge in [0.25, 0.3) is 5.89 Å². The van der Waals surface area contributed by atoms with Crippen molar-refractivity contribution in [2.75, 3.05) is 6.79 Å². The molecule has 0 aliphatic carbocycles. The topological polar surface area (TPSA) is 83.7 Å². The van der Waals surface area contributed by atoms with Crippen molar-refractivity contribution in [3.63, 3.8) is 0 Å². The Morgan fingerprint density at radius 1 is 1.19 bits per heavy atom. The van der Waals surface area contributed by atoms with Gasteiger partial charge in [0.05, 0.1) is 5.56 Å². The predicted molar refractivity (Wildman–Crippen MR) is 86.1 cm³/mol. The molecule has 2 aromatic carbocycles. The summed E-state index contributed by atoms with van der Waals surface area (Å²) in [6.07, 6.45) is 0. The maximum Gasteiger partial charge on any atom is 0.338 e. The minimum absolute atomic E-state index is 0.114. The van der Waals surface area contributed by atoms with E-state index >= 15 is 0 Å². The lowest BCUT2D eigenvalue weighted by Crippen LogP contribution is -2.06. The number of carbonyl (C=O) groups excluding carboxylic acids is 1. The molecule has 8 heteroatoms. The van der Waals surface area contributed by atoms with E-state index in [1.165, 1.54) is 12.1 Å². The SMILES string of the molecule is Cc1ccc(C(=O)OCc2nc(-c3ccc4c(c3)OCO4)no2)cc1F. The lowest BCUT2D eigenvalue weighted by Gasteiger charge is -2.03. The molecule has 0 unspecified atom stereocenters. The maximum atomic E-state index is 13.5. The van der Waals surface area contributed by atoms with Crippen molar-refractivity contribution in [3.05, 3.63) is 59.2 Å². The lowest BCUT2D eigenvalue weighted by atomic mass is 10.1. The van der Waals surface area contributed by atoms with Gasteiger partial charge in [-0.2, -0.15) is 4.98 Å². The number of hydrogen-bond acceptors (Lipinski definition) is 7. The quantitative estimate of drug-likeness (QED) is 0.663.